The van der Waals surface area contributed by atoms with E-state index in [-0.39, 0.29) is 22.5 Å². The monoisotopic (exact) mass is 386 g/mol. The summed E-state index contributed by atoms with van der Waals surface area (Å²) in [6, 6.07) is 8.22. The smallest absolute Gasteiger partial charge is 0.246 e. The molecule has 0 radical (unpaired) electrons. The minimum absolute atomic E-state index is 0.00162. The van der Waals surface area contributed by atoms with Crippen molar-refractivity contribution in [1.82, 2.24) is 30.2 Å². The summed E-state index contributed by atoms with van der Waals surface area (Å²) in [4.78, 5) is 8.27. The molecule has 12 heteroatoms. The lowest BCUT2D eigenvalue weighted by molar-refractivity contribution is -0.309. The van der Waals surface area contributed by atoms with Crippen LogP contribution in [-0.4, -0.2) is 42.9 Å². The van der Waals surface area contributed by atoms with Crippen molar-refractivity contribution in [2.45, 2.75) is 13.1 Å². The number of nitrogens with two attached hydrogens (primary N) is 1. The van der Waals surface area contributed by atoms with Gasteiger partial charge in [-0.2, -0.15) is 9.50 Å². The fourth-order valence-electron chi connectivity index (χ4n) is 2.28. The number of halogens is 4. The van der Waals surface area contributed by atoms with E-state index < -0.39 is 18.2 Å². The number of benzene rings is 1. The SMILES string of the molecule is CC(F)CN(N(F)F)N(N)c1ccnc2nc(-c3ccccc3Cl)nn12. The van der Waals surface area contributed by atoms with Crippen molar-refractivity contribution in [3.05, 3.63) is 41.6 Å². The first-order valence-corrected chi connectivity index (χ1v) is 7.81. The summed E-state index contributed by atoms with van der Waals surface area (Å²) in [6.45, 7) is 0.469. The van der Waals surface area contributed by atoms with E-state index in [1.165, 1.54) is 12.3 Å². The molecule has 3 aromatic rings. The Morgan fingerprint density at radius 2 is 2.00 bits per heavy atom. The molecule has 0 bridgehead atoms. The molecule has 0 saturated heterocycles. The van der Waals surface area contributed by atoms with Crippen LogP contribution in [0.15, 0.2) is 36.5 Å². The number of rotatable bonds is 6. The molecular weight excluding hydrogens is 373 g/mol. The van der Waals surface area contributed by atoms with Crippen molar-refractivity contribution in [2.24, 2.45) is 5.84 Å². The fraction of sp³-hybridized carbons (Fsp3) is 0.214. The highest BCUT2D eigenvalue weighted by molar-refractivity contribution is 6.33. The maximum absolute atomic E-state index is 13.2. The molecule has 0 aliphatic rings. The van der Waals surface area contributed by atoms with Crippen molar-refractivity contribution in [1.29, 1.82) is 0 Å². The topological polar surface area (TPSA) is 78.8 Å². The van der Waals surface area contributed by atoms with Crippen LogP contribution >= 0.6 is 11.6 Å². The van der Waals surface area contributed by atoms with Crippen molar-refractivity contribution in [3.8, 4) is 11.4 Å². The van der Waals surface area contributed by atoms with Gasteiger partial charge in [0.15, 0.2) is 11.6 Å². The molecule has 138 valence electrons. The highest BCUT2D eigenvalue weighted by Gasteiger charge is 2.26. The van der Waals surface area contributed by atoms with Crippen LogP contribution < -0.4 is 11.0 Å². The van der Waals surface area contributed by atoms with Crippen LogP contribution in [0.3, 0.4) is 0 Å². The Hall–Kier alpha value is -2.47. The lowest BCUT2D eigenvalue weighted by atomic mass is 10.2. The molecule has 26 heavy (non-hydrogen) atoms. The molecule has 2 aromatic heterocycles. The Morgan fingerprint density at radius 3 is 2.65 bits per heavy atom. The molecule has 1 atom stereocenters. The summed E-state index contributed by atoms with van der Waals surface area (Å²) in [5.41, 5.74) is -0.769. The Labute approximate surface area is 151 Å². The van der Waals surface area contributed by atoms with Crippen LogP contribution in [0, 0.1) is 0 Å². The van der Waals surface area contributed by atoms with Gasteiger partial charge in [-0.25, -0.2) is 20.3 Å². The predicted molar refractivity (Wildman–Crippen MR) is 89.2 cm³/mol. The third-order valence-electron chi connectivity index (χ3n) is 3.41. The highest BCUT2D eigenvalue weighted by atomic mass is 35.5. The summed E-state index contributed by atoms with van der Waals surface area (Å²) in [5, 5.41) is 5.44. The lowest BCUT2D eigenvalue weighted by Gasteiger charge is -2.30. The van der Waals surface area contributed by atoms with E-state index in [1.54, 1.807) is 24.3 Å². The average molecular weight is 387 g/mol. The molecule has 3 rings (SSSR count). The summed E-state index contributed by atoms with van der Waals surface area (Å²) < 4.78 is 40.6. The van der Waals surface area contributed by atoms with Crippen LogP contribution in [0.4, 0.5) is 19.2 Å². The van der Waals surface area contributed by atoms with Crippen LogP contribution in [0.25, 0.3) is 17.2 Å². The Balaban J connectivity index is 2.05. The fourth-order valence-corrected chi connectivity index (χ4v) is 2.50. The van der Waals surface area contributed by atoms with E-state index in [9.17, 15) is 13.4 Å². The second-order valence-corrected chi connectivity index (χ2v) is 5.73. The zero-order chi connectivity index (χ0) is 18.8. The molecule has 0 amide bonds. The van der Waals surface area contributed by atoms with E-state index in [2.05, 4.69) is 15.1 Å². The van der Waals surface area contributed by atoms with Crippen LogP contribution in [0.5, 0.6) is 0 Å². The number of aromatic nitrogens is 4. The third-order valence-corrected chi connectivity index (χ3v) is 3.74. The molecule has 0 spiro atoms. The average Bonchev–Trinajstić information content (AvgIpc) is 3.03. The Bertz CT molecular complexity index is 903. The molecular formula is C14H14ClF3N8. The number of anilines is 1. The quantitative estimate of drug-likeness (QED) is 0.396. The molecule has 1 unspecified atom stereocenters. The van der Waals surface area contributed by atoms with Gasteiger partial charge in [-0.05, 0) is 19.1 Å². The van der Waals surface area contributed by atoms with E-state index in [0.717, 1.165) is 11.4 Å². The third kappa shape index (κ3) is 3.55. The molecule has 8 nitrogen and oxygen atoms in total. The van der Waals surface area contributed by atoms with Crippen LogP contribution in [0.1, 0.15) is 6.92 Å². The van der Waals surface area contributed by atoms with Crippen molar-refractivity contribution in [3.63, 3.8) is 0 Å². The maximum atomic E-state index is 13.2. The molecule has 1 aromatic carbocycles. The van der Waals surface area contributed by atoms with Gasteiger partial charge in [0.05, 0.1) is 11.6 Å². The van der Waals surface area contributed by atoms with Gasteiger partial charge in [0.25, 0.3) is 5.78 Å². The molecule has 0 aliphatic carbocycles. The molecule has 0 fully saturated rings. The van der Waals surface area contributed by atoms with Crippen LogP contribution in [0.2, 0.25) is 5.02 Å². The summed E-state index contributed by atoms with van der Waals surface area (Å²) in [5.74, 6) is 6.12. The molecule has 2 N–H and O–H groups in total. The number of hydrogen-bond acceptors (Lipinski definition) is 7. The number of hydrazine groups is 3. The lowest BCUT2D eigenvalue weighted by Crippen LogP contribution is -2.54. The van der Waals surface area contributed by atoms with E-state index in [4.69, 9.17) is 17.4 Å². The standard InChI is InChI=1S/C14H14ClF3N8/c1-9(16)8-23(26(17)18)25(19)12-6-7-20-14-21-13(22-24(12)14)10-4-2-3-5-11(10)15/h2-7,9H,8,19H2,1H3. The van der Waals surface area contributed by atoms with Crippen molar-refractivity contribution >= 4 is 23.2 Å². The van der Waals surface area contributed by atoms with Gasteiger partial charge in [0, 0.05) is 17.8 Å². The van der Waals surface area contributed by atoms with Crippen molar-refractivity contribution in [2.75, 3.05) is 11.7 Å². The van der Waals surface area contributed by atoms with E-state index in [0.29, 0.717) is 15.7 Å². The number of fused-ring (bicyclic) bond motifs is 1. The second kappa shape index (κ2) is 7.41. The number of alkyl halides is 1. The normalized spacial score (nSPS) is 12.9. The molecule has 2 heterocycles. The first-order chi connectivity index (χ1) is 12.4. The first kappa shape index (κ1) is 18.3. The van der Waals surface area contributed by atoms with Gasteiger partial charge in [-0.15, -0.1) is 5.10 Å². The largest absolute Gasteiger partial charge is 0.254 e. The minimum Gasteiger partial charge on any atom is -0.246 e. The first-order valence-electron chi connectivity index (χ1n) is 7.43. The highest BCUT2D eigenvalue weighted by Crippen LogP contribution is 2.26. The Kier molecular flexibility index (Phi) is 5.23. The van der Waals surface area contributed by atoms with Gasteiger partial charge in [0.2, 0.25) is 0 Å². The second-order valence-electron chi connectivity index (χ2n) is 5.33. The van der Waals surface area contributed by atoms with E-state index >= 15 is 0 Å². The predicted octanol–water partition coefficient (Wildman–Crippen LogP) is 2.69. The summed E-state index contributed by atoms with van der Waals surface area (Å²) in [6.07, 6.45) is -0.227. The molecule has 0 saturated carbocycles. The van der Waals surface area contributed by atoms with Gasteiger partial charge < -0.3 is 0 Å². The van der Waals surface area contributed by atoms with E-state index in [1.807, 2.05) is 0 Å². The minimum atomic E-state index is -1.55. The van der Waals surface area contributed by atoms with Gasteiger partial charge >= 0.3 is 0 Å². The zero-order valence-corrected chi connectivity index (χ0v) is 14.2. The number of hydrogen-bond donors (Lipinski definition) is 1. The zero-order valence-electron chi connectivity index (χ0n) is 13.5. The summed E-state index contributed by atoms with van der Waals surface area (Å²) >= 11 is 6.14. The maximum Gasteiger partial charge on any atom is 0.254 e. The van der Waals surface area contributed by atoms with Crippen LogP contribution in [-0.2, 0) is 0 Å². The van der Waals surface area contributed by atoms with Gasteiger partial charge in [0.1, 0.15) is 11.6 Å². The number of nitrogens with zero attached hydrogens (tertiary/aromatic N) is 7. The van der Waals surface area contributed by atoms with Gasteiger partial charge in [-0.1, -0.05) is 37.8 Å². The Morgan fingerprint density at radius 1 is 1.27 bits per heavy atom. The molecule has 0 aliphatic heterocycles. The van der Waals surface area contributed by atoms with Crippen molar-refractivity contribution < 1.29 is 13.4 Å². The summed E-state index contributed by atoms with van der Waals surface area (Å²) in [7, 11) is 0. The van der Waals surface area contributed by atoms with Gasteiger partial charge in [-0.3, -0.25) is 0 Å².